The molecule has 101 valence electrons. The third-order valence-electron chi connectivity index (χ3n) is 3.70. The van der Waals surface area contributed by atoms with Crippen molar-refractivity contribution in [1.82, 2.24) is 10.4 Å². The van der Waals surface area contributed by atoms with Crippen LogP contribution in [0.2, 0.25) is 0 Å². The highest BCUT2D eigenvalue weighted by Crippen LogP contribution is 2.36. The van der Waals surface area contributed by atoms with E-state index in [1.165, 1.54) is 5.06 Å². The Morgan fingerprint density at radius 2 is 1.76 bits per heavy atom. The van der Waals surface area contributed by atoms with Gasteiger partial charge in [0.2, 0.25) is 0 Å². The van der Waals surface area contributed by atoms with Gasteiger partial charge in [0, 0.05) is 23.7 Å². The Labute approximate surface area is 105 Å². The average molecular weight is 243 g/mol. The van der Waals surface area contributed by atoms with Crippen LogP contribution < -0.4 is 5.32 Å². The second kappa shape index (κ2) is 5.22. The van der Waals surface area contributed by atoms with Gasteiger partial charge in [0.15, 0.2) is 0 Å². The van der Waals surface area contributed by atoms with Gasteiger partial charge in [-0.2, -0.15) is 0 Å². The fraction of sp³-hybridized carbons (Fsp3) is 1.00. The number of aliphatic hydroxyl groups excluding tert-OH is 1. The van der Waals surface area contributed by atoms with Crippen LogP contribution in [0, 0.1) is 0 Å². The molecule has 0 bridgehead atoms. The number of hydrogen-bond acceptors (Lipinski definition) is 3. The SMILES string of the molecule is CCC(O)CNC1CC(C)(C)N([O])C(C)(C)C1. The highest BCUT2D eigenvalue weighted by atomic mass is 16.5. The number of hydrogen-bond donors (Lipinski definition) is 2. The van der Waals surface area contributed by atoms with Crippen molar-refractivity contribution in [3.63, 3.8) is 0 Å². The van der Waals surface area contributed by atoms with Gasteiger partial charge in [-0.3, -0.25) is 0 Å². The molecule has 1 aliphatic rings. The molecule has 0 aromatic heterocycles. The Bertz CT molecular complexity index is 236. The molecule has 1 radical (unpaired) electrons. The predicted molar refractivity (Wildman–Crippen MR) is 68.0 cm³/mol. The van der Waals surface area contributed by atoms with Crippen LogP contribution in [0.25, 0.3) is 0 Å². The van der Waals surface area contributed by atoms with E-state index < -0.39 is 0 Å². The summed E-state index contributed by atoms with van der Waals surface area (Å²) in [6.07, 6.45) is 2.14. The topological polar surface area (TPSA) is 55.4 Å². The highest BCUT2D eigenvalue weighted by molar-refractivity contribution is 4.98. The summed E-state index contributed by atoms with van der Waals surface area (Å²) in [6, 6.07) is 0.311. The molecule has 0 aromatic carbocycles. The van der Waals surface area contributed by atoms with E-state index in [0.717, 1.165) is 19.3 Å². The molecule has 1 unspecified atom stereocenters. The van der Waals surface area contributed by atoms with Crippen molar-refractivity contribution < 1.29 is 10.3 Å². The summed E-state index contributed by atoms with van der Waals surface area (Å²) in [6.45, 7) is 10.6. The molecule has 4 nitrogen and oxygen atoms in total. The second-order valence-electron chi connectivity index (χ2n) is 6.49. The maximum Gasteiger partial charge on any atom is 0.0662 e. The largest absolute Gasteiger partial charge is 0.392 e. The quantitative estimate of drug-likeness (QED) is 0.790. The number of piperidine rings is 1. The summed E-state index contributed by atoms with van der Waals surface area (Å²) >= 11 is 0. The van der Waals surface area contributed by atoms with Gasteiger partial charge < -0.3 is 10.4 Å². The number of nitrogens with zero attached hydrogens (tertiary/aromatic N) is 1. The highest BCUT2D eigenvalue weighted by Gasteiger charge is 2.45. The first-order chi connectivity index (χ1) is 7.69. The van der Waals surface area contributed by atoms with Gasteiger partial charge in [-0.1, -0.05) is 6.92 Å². The fourth-order valence-corrected chi connectivity index (χ4v) is 2.85. The van der Waals surface area contributed by atoms with E-state index in [-0.39, 0.29) is 17.2 Å². The summed E-state index contributed by atoms with van der Waals surface area (Å²) in [5.41, 5.74) is -0.673. The van der Waals surface area contributed by atoms with Crippen LogP contribution in [-0.4, -0.2) is 39.9 Å². The Balaban J connectivity index is 2.59. The van der Waals surface area contributed by atoms with Gasteiger partial charge in [-0.15, -0.1) is 10.3 Å². The predicted octanol–water partition coefficient (Wildman–Crippen LogP) is 1.71. The summed E-state index contributed by atoms with van der Waals surface area (Å²) < 4.78 is 0. The molecule has 1 aliphatic heterocycles. The molecule has 4 heteroatoms. The Morgan fingerprint density at radius 1 is 1.29 bits per heavy atom. The van der Waals surface area contributed by atoms with Crippen LogP contribution in [0.4, 0.5) is 0 Å². The van der Waals surface area contributed by atoms with Gasteiger partial charge >= 0.3 is 0 Å². The van der Waals surface area contributed by atoms with Crippen LogP contribution in [0.5, 0.6) is 0 Å². The lowest BCUT2D eigenvalue weighted by Crippen LogP contribution is -2.62. The molecule has 1 atom stereocenters. The van der Waals surface area contributed by atoms with Crippen LogP contribution in [-0.2, 0) is 5.21 Å². The molecule has 0 saturated carbocycles. The lowest BCUT2D eigenvalue weighted by molar-refractivity contribution is -0.290. The summed E-state index contributed by atoms with van der Waals surface area (Å²) in [5, 5.41) is 26.3. The summed E-state index contributed by atoms with van der Waals surface area (Å²) in [5.74, 6) is 0. The molecule has 1 heterocycles. The van der Waals surface area contributed by atoms with Crippen LogP contribution in [0.1, 0.15) is 53.9 Å². The minimum atomic E-state index is -0.337. The Hall–Kier alpha value is -0.160. The first-order valence-corrected chi connectivity index (χ1v) is 6.58. The number of aliphatic hydroxyl groups is 1. The zero-order valence-electron chi connectivity index (χ0n) is 11.8. The van der Waals surface area contributed by atoms with Crippen molar-refractivity contribution in [2.24, 2.45) is 0 Å². The van der Waals surface area contributed by atoms with Gasteiger partial charge in [0.05, 0.1) is 6.10 Å². The molecule has 17 heavy (non-hydrogen) atoms. The molecule has 2 N–H and O–H groups in total. The molecular formula is C13H27N2O2. The first kappa shape index (κ1) is 14.9. The second-order valence-corrected chi connectivity index (χ2v) is 6.49. The van der Waals surface area contributed by atoms with Crippen LogP contribution in [0.3, 0.4) is 0 Å². The smallest absolute Gasteiger partial charge is 0.0662 e. The third kappa shape index (κ3) is 3.65. The van der Waals surface area contributed by atoms with E-state index in [1.807, 2.05) is 34.6 Å². The summed E-state index contributed by atoms with van der Waals surface area (Å²) in [7, 11) is 0. The maximum atomic E-state index is 12.1. The van der Waals surface area contributed by atoms with E-state index in [0.29, 0.717) is 12.6 Å². The van der Waals surface area contributed by atoms with Crippen LogP contribution >= 0.6 is 0 Å². The van der Waals surface area contributed by atoms with E-state index in [1.54, 1.807) is 0 Å². The van der Waals surface area contributed by atoms with E-state index in [2.05, 4.69) is 5.32 Å². The van der Waals surface area contributed by atoms with Crippen molar-refractivity contribution in [2.45, 2.75) is 77.1 Å². The lowest BCUT2D eigenvalue weighted by Gasteiger charge is -2.50. The van der Waals surface area contributed by atoms with Crippen molar-refractivity contribution in [2.75, 3.05) is 6.54 Å². The average Bonchev–Trinajstić information content (AvgIpc) is 2.21. The summed E-state index contributed by atoms with van der Waals surface area (Å²) in [4.78, 5) is 0. The van der Waals surface area contributed by atoms with Gasteiger partial charge in [-0.25, -0.2) is 0 Å². The van der Waals surface area contributed by atoms with Crippen molar-refractivity contribution in [3.8, 4) is 0 Å². The van der Waals surface area contributed by atoms with Crippen molar-refractivity contribution in [3.05, 3.63) is 0 Å². The minimum Gasteiger partial charge on any atom is -0.392 e. The first-order valence-electron chi connectivity index (χ1n) is 6.58. The number of nitrogens with one attached hydrogen (secondary N) is 1. The van der Waals surface area contributed by atoms with Crippen molar-refractivity contribution >= 4 is 0 Å². The molecule has 0 spiro atoms. The fourth-order valence-electron chi connectivity index (χ4n) is 2.85. The molecule has 0 aromatic rings. The lowest BCUT2D eigenvalue weighted by atomic mass is 9.79. The minimum absolute atomic E-state index is 0.286. The monoisotopic (exact) mass is 243 g/mol. The molecule has 1 rings (SSSR count). The molecular weight excluding hydrogens is 216 g/mol. The normalized spacial score (nSPS) is 27.0. The number of hydroxylamine groups is 2. The van der Waals surface area contributed by atoms with E-state index in [9.17, 15) is 10.3 Å². The van der Waals surface area contributed by atoms with E-state index in [4.69, 9.17) is 0 Å². The zero-order valence-corrected chi connectivity index (χ0v) is 11.8. The zero-order chi connectivity index (χ0) is 13.3. The van der Waals surface area contributed by atoms with Gasteiger partial charge in [0.1, 0.15) is 0 Å². The van der Waals surface area contributed by atoms with E-state index >= 15 is 0 Å². The molecule has 1 saturated heterocycles. The number of rotatable bonds is 4. The van der Waals surface area contributed by atoms with Crippen LogP contribution in [0.15, 0.2) is 0 Å². The molecule has 0 amide bonds. The molecule has 0 aliphatic carbocycles. The third-order valence-corrected chi connectivity index (χ3v) is 3.70. The standard InChI is InChI=1S/C13H27N2O2/c1-6-11(16)9-14-10-7-12(2,3)15(17)13(4,5)8-10/h10-11,14,16H,6-9H2,1-5H3. The maximum absolute atomic E-state index is 12.1. The van der Waals surface area contributed by atoms with Gasteiger partial charge in [-0.05, 0) is 47.0 Å². The van der Waals surface area contributed by atoms with Gasteiger partial charge in [0.25, 0.3) is 0 Å². The van der Waals surface area contributed by atoms with Crippen molar-refractivity contribution in [1.29, 1.82) is 0 Å². The molecule has 1 fully saturated rings. The Morgan fingerprint density at radius 3 is 2.18 bits per heavy atom. The Kier molecular flexibility index (Phi) is 4.58.